The zero-order valence-electron chi connectivity index (χ0n) is 19.5. The van der Waals surface area contributed by atoms with E-state index in [0.29, 0.717) is 23.8 Å². The van der Waals surface area contributed by atoms with Crippen LogP contribution in [-0.2, 0) is 19.6 Å². The second kappa shape index (κ2) is 10.5. The Bertz CT molecular complexity index is 1590. The lowest BCUT2D eigenvalue weighted by atomic mass is 10.1. The zero-order chi connectivity index (χ0) is 25.8. The lowest BCUT2D eigenvalue weighted by Gasteiger charge is -2.10. The molecule has 0 radical (unpaired) electrons. The third kappa shape index (κ3) is 5.57. The maximum Gasteiger partial charge on any atom is 0.256 e. The maximum absolute atomic E-state index is 12.9. The lowest BCUT2D eigenvalue weighted by molar-refractivity contribution is 0.0951. The van der Waals surface area contributed by atoms with Gasteiger partial charge in [0.25, 0.3) is 11.5 Å². The van der Waals surface area contributed by atoms with Crippen molar-refractivity contribution in [1.82, 2.24) is 39.9 Å². The average Bonchev–Trinajstić information content (AvgIpc) is 3.55. The van der Waals surface area contributed by atoms with Crippen molar-refractivity contribution >= 4 is 23.3 Å². The van der Waals surface area contributed by atoms with Crippen LogP contribution in [-0.4, -0.2) is 40.5 Å². The van der Waals surface area contributed by atoms with E-state index in [1.165, 1.54) is 17.1 Å². The quantitative estimate of drug-likeness (QED) is 0.323. The fourth-order valence-corrected chi connectivity index (χ4v) is 4.07. The number of carbonyl (C=O) groups is 1. The number of nitrogens with zero attached hydrogens (tertiary/aromatic N) is 7. The number of rotatable bonds is 8. The van der Waals surface area contributed by atoms with Gasteiger partial charge < -0.3 is 15.6 Å². The summed E-state index contributed by atoms with van der Waals surface area (Å²) in [5.41, 5.74) is 9.66. The highest BCUT2D eigenvalue weighted by molar-refractivity contribution is 6.30. The molecule has 3 N–H and O–H groups in total. The maximum atomic E-state index is 12.9. The number of benzene rings is 2. The molecule has 0 spiro atoms. The average molecular weight is 516 g/mol. The number of nitrogens with two attached hydrogens (primary N) is 1. The first kappa shape index (κ1) is 23.9. The van der Waals surface area contributed by atoms with Gasteiger partial charge in [-0.15, -0.1) is 5.10 Å². The van der Waals surface area contributed by atoms with E-state index in [9.17, 15) is 9.59 Å². The van der Waals surface area contributed by atoms with Crippen LogP contribution >= 0.6 is 11.6 Å². The van der Waals surface area contributed by atoms with E-state index < -0.39 is 0 Å². The molecule has 3 aromatic heterocycles. The van der Waals surface area contributed by atoms with E-state index in [2.05, 4.69) is 25.9 Å². The van der Waals surface area contributed by atoms with Crippen LogP contribution in [0.5, 0.6) is 0 Å². The van der Waals surface area contributed by atoms with Gasteiger partial charge >= 0.3 is 0 Å². The Morgan fingerprint density at radius 2 is 1.81 bits per heavy atom. The van der Waals surface area contributed by atoms with Crippen molar-refractivity contribution in [3.8, 4) is 5.69 Å². The number of hydrogen-bond acceptors (Lipinski definition) is 7. The van der Waals surface area contributed by atoms with Crippen molar-refractivity contribution in [2.75, 3.05) is 5.73 Å². The van der Waals surface area contributed by atoms with Gasteiger partial charge in [0.05, 0.1) is 18.8 Å². The van der Waals surface area contributed by atoms with E-state index >= 15 is 0 Å². The molecule has 0 unspecified atom stereocenters. The molecule has 0 saturated carbocycles. The Kier molecular flexibility index (Phi) is 6.77. The first-order valence-electron chi connectivity index (χ1n) is 11.3. The SMILES string of the molecule is Nc1nn(Cc2ccc(Cn3ccccc3=O)cc2)cc1C(=O)NCc1cc(Cl)ccc1-n1cnnn1. The van der Waals surface area contributed by atoms with E-state index in [1.807, 2.05) is 30.3 Å². The molecule has 0 aliphatic rings. The topological polar surface area (TPSA) is 139 Å². The number of amides is 1. The molecule has 186 valence electrons. The molecule has 3 heterocycles. The number of hydrogen-bond donors (Lipinski definition) is 2. The zero-order valence-corrected chi connectivity index (χ0v) is 20.3. The molecule has 37 heavy (non-hydrogen) atoms. The Morgan fingerprint density at radius 1 is 1.03 bits per heavy atom. The largest absolute Gasteiger partial charge is 0.382 e. The molecule has 0 saturated heterocycles. The van der Waals surface area contributed by atoms with Gasteiger partial charge in [-0.25, -0.2) is 4.68 Å². The van der Waals surface area contributed by atoms with Crippen LogP contribution in [0, 0.1) is 0 Å². The van der Waals surface area contributed by atoms with Crippen LogP contribution in [0.1, 0.15) is 27.0 Å². The molecule has 1 amide bonds. The van der Waals surface area contributed by atoms with Gasteiger partial charge in [0.15, 0.2) is 5.82 Å². The second-order valence-electron chi connectivity index (χ2n) is 8.32. The smallest absolute Gasteiger partial charge is 0.256 e. The number of aromatic nitrogens is 7. The minimum atomic E-state index is -0.366. The van der Waals surface area contributed by atoms with Crippen molar-refractivity contribution in [1.29, 1.82) is 0 Å². The van der Waals surface area contributed by atoms with E-state index in [0.717, 1.165) is 16.7 Å². The molecule has 0 fully saturated rings. The summed E-state index contributed by atoms with van der Waals surface area (Å²) in [5, 5.41) is 18.9. The fraction of sp³-hybridized carbons (Fsp3) is 0.120. The lowest BCUT2D eigenvalue weighted by Crippen LogP contribution is -2.24. The van der Waals surface area contributed by atoms with Crippen LogP contribution in [0.15, 0.2) is 84.2 Å². The molecule has 0 atom stereocenters. The van der Waals surface area contributed by atoms with Crippen LogP contribution in [0.3, 0.4) is 0 Å². The standard InChI is InChI=1S/C25H22ClN9O2/c26-20-8-9-22(35-16-29-31-32-35)19(11-20)12-28-25(37)21-15-34(30-24(21)27)14-18-6-4-17(5-7-18)13-33-10-2-1-3-23(33)36/h1-11,15-16H,12-14H2,(H2,27,30)(H,28,37). The number of nitrogen functional groups attached to an aromatic ring is 1. The van der Waals surface area contributed by atoms with Gasteiger partial charge in [-0.05, 0) is 51.4 Å². The number of carbonyl (C=O) groups excluding carboxylic acids is 1. The second-order valence-corrected chi connectivity index (χ2v) is 8.76. The third-order valence-electron chi connectivity index (χ3n) is 5.73. The van der Waals surface area contributed by atoms with E-state index in [4.69, 9.17) is 17.3 Å². The summed E-state index contributed by atoms with van der Waals surface area (Å²) >= 11 is 6.15. The van der Waals surface area contributed by atoms with E-state index in [1.54, 1.807) is 45.9 Å². The monoisotopic (exact) mass is 515 g/mol. The Balaban J connectivity index is 1.24. The molecule has 0 aliphatic heterocycles. The van der Waals surface area contributed by atoms with Crippen LogP contribution in [0.2, 0.25) is 5.02 Å². The number of nitrogens with one attached hydrogen (secondary N) is 1. The van der Waals surface area contributed by atoms with Gasteiger partial charge in [0, 0.05) is 30.0 Å². The summed E-state index contributed by atoms with van der Waals surface area (Å²) in [7, 11) is 0. The highest BCUT2D eigenvalue weighted by atomic mass is 35.5. The molecule has 5 aromatic rings. The minimum absolute atomic E-state index is 0.0496. The molecular weight excluding hydrogens is 494 g/mol. The van der Waals surface area contributed by atoms with Crippen molar-refractivity contribution in [2.24, 2.45) is 0 Å². The third-order valence-corrected chi connectivity index (χ3v) is 5.97. The van der Waals surface area contributed by atoms with Gasteiger partial charge in [-0.3, -0.25) is 14.3 Å². The van der Waals surface area contributed by atoms with Crippen molar-refractivity contribution in [3.05, 3.63) is 117 Å². The number of tetrazole rings is 1. The van der Waals surface area contributed by atoms with Crippen molar-refractivity contribution in [3.63, 3.8) is 0 Å². The summed E-state index contributed by atoms with van der Waals surface area (Å²) in [6.07, 6.45) is 4.83. The van der Waals surface area contributed by atoms with Crippen molar-refractivity contribution in [2.45, 2.75) is 19.6 Å². The first-order chi connectivity index (χ1) is 18.0. The predicted molar refractivity (Wildman–Crippen MR) is 137 cm³/mol. The van der Waals surface area contributed by atoms with E-state index in [-0.39, 0.29) is 29.4 Å². The molecule has 2 aromatic carbocycles. The van der Waals surface area contributed by atoms with Gasteiger partial charge in [0.2, 0.25) is 0 Å². The molecule has 5 rings (SSSR count). The minimum Gasteiger partial charge on any atom is -0.382 e. The Morgan fingerprint density at radius 3 is 2.54 bits per heavy atom. The summed E-state index contributed by atoms with van der Waals surface area (Å²) in [5.74, 6) is -0.237. The fourth-order valence-electron chi connectivity index (χ4n) is 3.88. The van der Waals surface area contributed by atoms with Gasteiger partial charge in [0.1, 0.15) is 11.9 Å². The molecule has 11 nitrogen and oxygen atoms in total. The van der Waals surface area contributed by atoms with Gasteiger partial charge in [-0.1, -0.05) is 41.9 Å². The Hall–Kier alpha value is -4.77. The highest BCUT2D eigenvalue weighted by Gasteiger charge is 2.16. The molecule has 0 aliphatic carbocycles. The van der Waals surface area contributed by atoms with Crippen molar-refractivity contribution < 1.29 is 4.79 Å². The molecular formula is C25H22ClN9O2. The number of pyridine rings is 1. The first-order valence-corrected chi connectivity index (χ1v) is 11.7. The Labute approximate surface area is 216 Å². The highest BCUT2D eigenvalue weighted by Crippen LogP contribution is 2.19. The summed E-state index contributed by atoms with van der Waals surface area (Å²) in [6.45, 7) is 1.10. The molecule has 12 heteroatoms. The van der Waals surface area contributed by atoms with Crippen LogP contribution in [0.4, 0.5) is 5.82 Å². The number of halogens is 1. The summed E-state index contributed by atoms with van der Waals surface area (Å²) in [6, 6.07) is 18.2. The van der Waals surface area contributed by atoms with Crippen LogP contribution in [0.25, 0.3) is 5.69 Å². The predicted octanol–water partition coefficient (Wildman–Crippen LogP) is 2.28. The normalized spacial score (nSPS) is 10.9. The molecule has 0 bridgehead atoms. The van der Waals surface area contributed by atoms with Crippen LogP contribution < -0.4 is 16.6 Å². The summed E-state index contributed by atoms with van der Waals surface area (Å²) < 4.78 is 4.75. The van der Waals surface area contributed by atoms with Gasteiger partial charge in [-0.2, -0.15) is 5.10 Å². The summed E-state index contributed by atoms with van der Waals surface area (Å²) in [4.78, 5) is 24.8. The number of anilines is 1.